The second-order valence-electron chi connectivity index (χ2n) is 19.5. The zero-order chi connectivity index (χ0) is 37.7. The molecule has 13 atom stereocenters. The van der Waals surface area contributed by atoms with Crippen LogP contribution in [0.15, 0.2) is 0 Å². The third-order valence-corrected chi connectivity index (χ3v) is 16.5. The van der Waals surface area contributed by atoms with Crippen LogP contribution in [0.3, 0.4) is 0 Å². The Kier molecular flexibility index (Phi) is 11.5. The van der Waals surface area contributed by atoms with E-state index in [0.717, 1.165) is 24.2 Å². The van der Waals surface area contributed by atoms with Gasteiger partial charge in [-0.05, 0) is 140 Å². The summed E-state index contributed by atoms with van der Waals surface area (Å²) in [5, 5.41) is 0. The molecule has 0 N–H and O–H groups in total. The second kappa shape index (κ2) is 14.6. The van der Waals surface area contributed by atoms with Gasteiger partial charge in [0.05, 0.1) is 0 Å². The highest BCUT2D eigenvalue weighted by Crippen LogP contribution is 2.78. The first-order valence-corrected chi connectivity index (χ1v) is 20.3. The lowest BCUT2D eigenvalue weighted by Gasteiger charge is -2.73. The maximum atomic E-state index is 12.4. The smallest absolute Gasteiger partial charge is 0.303 e. The van der Waals surface area contributed by atoms with Crippen molar-refractivity contribution < 1.29 is 38.1 Å². The molecule has 5 aliphatic rings. The summed E-state index contributed by atoms with van der Waals surface area (Å²) in [6, 6.07) is 0. The lowest BCUT2D eigenvalue weighted by molar-refractivity contribution is -0.241. The van der Waals surface area contributed by atoms with Gasteiger partial charge in [-0.1, -0.05) is 54.9 Å². The predicted octanol–water partition coefficient (Wildman–Crippen LogP) is 9.25. The fourth-order valence-electron chi connectivity index (χ4n) is 14.4. The Bertz CT molecular complexity index is 1320. The summed E-state index contributed by atoms with van der Waals surface area (Å²) in [5.74, 6) is 1.68. The topological polar surface area (TPSA) is 105 Å². The number of ether oxygens (including phenoxy) is 4. The Morgan fingerprint density at radius 3 is 1.75 bits per heavy atom. The van der Waals surface area contributed by atoms with E-state index in [1.165, 1.54) is 98.3 Å². The van der Waals surface area contributed by atoms with Crippen LogP contribution >= 0.6 is 0 Å². The highest BCUT2D eigenvalue weighted by Gasteiger charge is 2.70. The average molecular weight is 715 g/mol. The van der Waals surface area contributed by atoms with E-state index in [4.69, 9.17) is 18.9 Å². The van der Waals surface area contributed by atoms with Gasteiger partial charge >= 0.3 is 23.9 Å². The van der Waals surface area contributed by atoms with Crippen molar-refractivity contribution in [1.82, 2.24) is 0 Å². The molecule has 0 heterocycles. The maximum absolute atomic E-state index is 12.4. The zero-order valence-electron chi connectivity index (χ0n) is 33.9. The van der Waals surface area contributed by atoms with Gasteiger partial charge in [0.15, 0.2) is 12.2 Å². The molecule has 0 radical (unpaired) electrons. The van der Waals surface area contributed by atoms with Crippen LogP contribution in [-0.2, 0) is 38.1 Å². The Morgan fingerprint density at radius 2 is 1.16 bits per heavy atom. The monoisotopic (exact) mass is 715 g/mol. The fraction of sp³-hybridized carbons (Fsp3) is 0.907. The summed E-state index contributed by atoms with van der Waals surface area (Å²) >= 11 is 0. The van der Waals surface area contributed by atoms with Gasteiger partial charge in [-0.3, -0.25) is 19.2 Å². The Labute approximate surface area is 308 Å². The van der Waals surface area contributed by atoms with Gasteiger partial charge in [0.25, 0.3) is 0 Å². The molecule has 0 unspecified atom stereocenters. The van der Waals surface area contributed by atoms with Crippen molar-refractivity contribution in [3.63, 3.8) is 0 Å². The Morgan fingerprint density at radius 1 is 0.588 bits per heavy atom. The molecular weight excluding hydrogens is 644 g/mol. The van der Waals surface area contributed by atoms with Crippen molar-refractivity contribution >= 4 is 23.9 Å². The van der Waals surface area contributed by atoms with Crippen LogP contribution in [0.25, 0.3) is 0 Å². The first-order valence-electron chi connectivity index (χ1n) is 20.3. The van der Waals surface area contributed by atoms with Crippen LogP contribution in [0, 0.1) is 62.6 Å². The first-order chi connectivity index (χ1) is 23.7. The molecule has 0 spiro atoms. The summed E-state index contributed by atoms with van der Waals surface area (Å²) < 4.78 is 22.1. The van der Waals surface area contributed by atoms with Gasteiger partial charge in [-0.2, -0.15) is 0 Å². The third-order valence-electron chi connectivity index (χ3n) is 16.5. The van der Waals surface area contributed by atoms with E-state index < -0.39 is 42.2 Å². The number of rotatable bonds is 11. The molecule has 0 amide bonds. The number of fused-ring (bicyclic) bond motifs is 7. The molecule has 5 fully saturated rings. The van der Waals surface area contributed by atoms with E-state index in [0.29, 0.717) is 51.2 Å². The molecule has 0 aromatic heterocycles. The van der Waals surface area contributed by atoms with Crippen LogP contribution in [0.1, 0.15) is 160 Å². The van der Waals surface area contributed by atoms with E-state index in [9.17, 15) is 19.2 Å². The summed E-state index contributed by atoms with van der Waals surface area (Å²) in [4.78, 5) is 48.3. The normalized spacial score (nSPS) is 40.5. The van der Waals surface area contributed by atoms with E-state index in [1.54, 1.807) is 0 Å². The first kappa shape index (κ1) is 40.1. The van der Waals surface area contributed by atoms with Crippen molar-refractivity contribution in [1.29, 1.82) is 0 Å². The molecule has 0 aliphatic heterocycles. The molecule has 51 heavy (non-hydrogen) atoms. The Hall–Kier alpha value is -2.12. The molecule has 5 saturated carbocycles. The lowest BCUT2D eigenvalue weighted by atomic mass is 9.32. The van der Waals surface area contributed by atoms with Crippen molar-refractivity contribution in [2.75, 3.05) is 6.61 Å². The minimum Gasteiger partial charge on any atom is -0.462 e. The number of carbonyl (C=O) groups is 4. The van der Waals surface area contributed by atoms with E-state index in [2.05, 4.69) is 48.5 Å². The SMILES string of the molecule is CC(=O)OC[C@@H](OC(C)=O)[C@H](OC(C)=O)[C@H](CC[C@@H](C)[C@H]1CC[C@@]2(C)[C@@H]1CC[C@]1(C)[C@@H]2CC[C@@H]2[C@@]3(C)CCCC(C)(C)[C@@H]3CC[C@]21C)OC(C)=O. The molecule has 0 bridgehead atoms. The number of hydrogen-bond donors (Lipinski definition) is 0. The highest BCUT2D eigenvalue weighted by atomic mass is 16.6. The molecule has 5 aliphatic carbocycles. The molecule has 8 heteroatoms. The average Bonchev–Trinajstić information content (AvgIpc) is 3.36. The maximum Gasteiger partial charge on any atom is 0.303 e. The second-order valence-corrected chi connectivity index (χ2v) is 19.5. The summed E-state index contributed by atoms with van der Waals surface area (Å²) in [6.07, 6.45) is 12.8. The van der Waals surface area contributed by atoms with E-state index in [1.807, 2.05) is 0 Å². The predicted molar refractivity (Wildman–Crippen MR) is 196 cm³/mol. The number of carbonyl (C=O) groups excluding carboxylic acids is 4. The number of hydrogen-bond acceptors (Lipinski definition) is 8. The largest absolute Gasteiger partial charge is 0.462 e. The summed E-state index contributed by atoms with van der Waals surface area (Å²) in [7, 11) is 0. The van der Waals surface area contributed by atoms with Crippen molar-refractivity contribution in [2.24, 2.45) is 62.6 Å². The van der Waals surface area contributed by atoms with E-state index in [-0.39, 0.29) is 6.61 Å². The van der Waals surface area contributed by atoms with Crippen molar-refractivity contribution in [3.05, 3.63) is 0 Å². The van der Waals surface area contributed by atoms with Gasteiger partial charge in [0.2, 0.25) is 0 Å². The molecular formula is C43H70O8. The molecule has 0 aromatic carbocycles. The quantitative estimate of drug-likeness (QED) is 0.154. The minimum absolute atomic E-state index is 0.305. The number of esters is 4. The lowest BCUT2D eigenvalue weighted by Crippen LogP contribution is -2.65. The Balaban J connectivity index is 1.33. The van der Waals surface area contributed by atoms with Gasteiger partial charge in [0, 0.05) is 27.7 Å². The van der Waals surface area contributed by atoms with Gasteiger partial charge < -0.3 is 18.9 Å². The summed E-state index contributed by atoms with van der Waals surface area (Å²) in [6.45, 7) is 23.0. The standard InChI is InChI=1S/C43H70O8/c1-26(13-14-33(49-28(3)45)38(51-30(5)47)34(50-29(4)46)25-48-27(2)44)31-17-22-40(8)32(31)18-23-42(10)36(40)15-16-37-41(9)21-12-20-39(6,7)35(41)19-24-43(37,42)11/h26,31-38H,12-25H2,1-11H3/t26-,31-,32-,33+,34-,35+,36-,37-,38-,40+,41+,42-,43-/m1/s1. The van der Waals surface area contributed by atoms with Gasteiger partial charge in [0.1, 0.15) is 12.7 Å². The van der Waals surface area contributed by atoms with Crippen molar-refractivity contribution in [2.45, 2.75) is 178 Å². The van der Waals surface area contributed by atoms with E-state index >= 15 is 0 Å². The molecule has 290 valence electrons. The minimum atomic E-state index is -1.10. The molecule has 0 aromatic rings. The third kappa shape index (κ3) is 7.25. The molecule has 0 saturated heterocycles. The van der Waals surface area contributed by atoms with Crippen LogP contribution in [0.5, 0.6) is 0 Å². The molecule has 5 rings (SSSR count). The van der Waals surface area contributed by atoms with Gasteiger partial charge in [-0.25, -0.2) is 0 Å². The van der Waals surface area contributed by atoms with Crippen LogP contribution in [0.2, 0.25) is 0 Å². The van der Waals surface area contributed by atoms with Crippen LogP contribution in [-0.4, -0.2) is 48.8 Å². The molecule has 8 nitrogen and oxygen atoms in total. The van der Waals surface area contributed by atoms with Crippen molar-refractivity contribution in [3.8, 4) is 0 Å². The van der Waals surface area contributed by atoms with Gasteiger partial charge in [-0.15, -0.1) is 0 Å². The fourth-order valence-corrected chi connectivity index (χ4v) is 14.4. The zero-order valence-corrected chi connectivity index (χ0v) is 33.9. The van der Waals surface area contributed by atoms with Crippen LogP contribution < -0.4 is 0 Å². The highest BCUT2D eigenvalue weighted by molar-refractivity contribution is 5.68. The summed E-state index contributed by atoms with van der Waals surface area (Å²) in [5.41, 5.74) is 1.92. The van der Waals surface area contributed by atoms with Crippen LogP contribution in [0.4, 0.5) is 0 Å².